The van der Waals surface area contributed by atoms with Crippen LogP contribution in [0.25, 0.3) is 0 Å². The van der Waals surface area contributed by atoms with E-state index in [0.29, 0.717) is 11.8 Å². The van der Waals surface area contributed by atoms with Crippen molar-refractivity contribution in [3.63, 3.8) is 0 Å². The molecule has 1 aromatic rings. The van der Waals surface area contributed by atoms with Crippen LogP contribution in [0.1, 0.15) is 69.9 Å². The average Bonchev–Trinajstić information content (AvgIpc) is 2.54. The molecule has 1 aromatic carbocycles. The summed E-state index contributed by atoms with van der Waals surface area (Å²) in [6, 6.07) is 6.67. The van der Waals surface area contributed by atoms with Gasteiger partial charge in [0.25, 0.3) is 0 Å². The first kappa shape index (κ1) is 19.6. The number of anilines is 1. The lowest BCUT2D eigenvalue weighted by molar-refractivity contribution is 0.441. The third kappa shape index (κ3) is 4.88. The molecule has 0 radical (unpaired) electrons. The minimum Gasteiger partial charge on any atom is -0.401 e. The minimum atomic E-state index is 0.483. The van der Waals surface area contributed by atoms with E-state index >= 15 is 0 Å². The zero-order valence-electron chi connectivity index (χ0n) is 16.8. The second kappa shape index (κ2) is 8.57. The van der Waals surface area contributed by atoms with Gasteiger partial charge in [-0.15, -0.1) is 0 Å². The van der Waals surface area contributed by atoms with Crippen LogP contribution in [0.15, 0.2) is 41.2 Å². The topological polar surface area (TPSA) is 41.3 Å². The van der Waals surface area contributed by atoms with Crippen LogP contribution < -0.4 is 11.1 Å². The number of allylic oxidation sites excluding steroid dienone is 2. The summed E-state index contributed by atoms with van der Waals surface area (Å²) in [6.07, 6.45) is 5.67. The van der Waals surface area contributed by atoms with Crippen molar-refractivity contribution < 1.29 is 0 Å². The van der Waals surface area contributed by atoms with Crippen molar-refractivity contribution in [2.45, 2.75) is 58.8 Å². The van der Waals surface area contributed by atoms with Gasteiger partial charge in [-0.05, 0) is 61.9 Å². The van der Waals surface area contributed by atoms with E-state index < -0.39 is 0 Å². The molecule has 138 valence electrons. The normalized spacial score (nSPS) is 17.2. The van der Waals surface area contributed by atoms with E-state index in [9.17, 15) is 0 Å². The highest BCUT2D eigenvalue weighted by Crippen LogP contribution is 2.36. The highest BCUT2D eigenvalue weighted by molar-refractivity contribution is 5.65. The standard InChI is InChI=1S/C22H35N3/c1-15(2)17-11-9-12-18(16(3)4)22(17)24-21-13-8-7-10-19(21)20(23)14-25(5)6/h9,11-13,15-16,24H,7-8,10,14,23H2,1-6H3/b20-19+. The molecule has 0 saturated heterocycles. The van der Waals surface area contributed by atoms with Gasteiger partial charge in [-0.1, -0.05) is 52.0 Å². The Kier molecular flexibility index (Phi) is 6.71. The Morgan fingerprint density at radius 3 is 2.24 bits per heavy atom. The number of nitrogens with zero attached hydrogens (tertiary/aromatic N) is 1. The summed E-state index contributed by atoms with van der Waals surface area (Å²) in [7, 11) is 4.13. The second-order valence-electron chi connectivity index (χ2n) is 8.00. The lowest BCUT2D eigenvalue weighted by atomic mass is 9.91. The lowest BCUT2D eigenvalue weighted by Gasteiger charge is -2.26. The van der Waals surface area contributed by atoms with Crippen LogP contribution in [0.5, 0.6) is 0 Å². The van der Waals surface area contributed by atoms with Gasteiger partial charge in [0.15, 0.2) is 0 Å². The van der Waals surface area contributed by atoms with Gasteiger partial charge in [-0.2, -0.15) is 0 Å². The molecule has 25 heavy (non-hydrogen) atoms. The number of hydrogen-bond acceptors (Lipinski definition) is 3. The van der Waals surface area contributed by atoms with Gasteiger partial charge in [-0.25, -0.2) is 0 Å². The first-order valence-corrected chi connectivity index (χ1v) is 9.53. The van der Waals surface area contributed by atoms with Crippen LogP contribution in [-0.2, 0) is 0 Å². The maximum Gasteiger partial charge on any atom is 0.0454 e. The van der Waals surface area contributed by atoms with Crippen molar-refractivity contribution in [2.24, 2.45) is 5.73 Å². The average molecular weight is 342 g/mol. The van der Waals surface area contributed by atoms with E-state index in [-0.39, 0.29) is 0 Å². The Morgan fingerprint density at radius 2 is 1.72 bits per heavy atom. The number of nitrogens with two attached hydrogens (primary N) is 1. The van der Waals surface area contributed by atoms with Crippen molar-refractivity contribution in [2.75, 3.05) is 26.0 Å². The fourth-order valence-corrected chi connectivity index (χ4v) is 3.51. The van der Waals surface area contributed by atoms with E-state index in [1.165, 1.54) is 34.5 Å². The quantitative estimate of drug-likeness (QED) is 0.748. The Bertz CT molecular complexity index is 625. The Labute approximate surface area is 154 Å². The van der Waals surface area contributed by atoms with Crippen LogP contribution in [0.2, 0.25) is 0 Å². The Hall–Kier alpha value is -1.74. The molecule has 2 rings (SSSR count). The van der Waals surface area contributed by atoms with Gasteiger partial charge in [0.05, 0.1) is 0 Å². The van der Waals surface area contributed by atoms with Gasteiger partial charge in [0.1, 0.15) is 0 Å². The van der Waals surface area contributed by atoms with E-state index in [4.69, 9.17) is 5.73 Å². The molecule has 0 aliphatic heterocycles. The number of hydrogen-bond donors (Lipinski definition) is 2. The lowest BCUT2D eigenvalue weighted by Crippen LogP contribution is -2.23. The molecule has 0 aromatic heterocycles. The van der Waals surface area contributed by atoms with Crippen LogP contribution >= 0.6 is 0 Å². The largest absolute Gasteiger partial charge is 0.401 e. The first-order chi connectivity index (χ1) is 11.8. The molecule has 0 bridgehead atoms. The minimum absolute atomic E-state index is 0.483. The Morgan fingerprint density at radius 1 is 1.12 bits per heavy atom. The molecule has 0 heterocycles. The molecule has 0 atom stereocenters. The summed E-state index contributed by atoms with van der Waals surface area (Å²) < 4.78 is 0. The molecule has 1 aliphatic rings. The molecular formula is C22H35N3. The number of likely N-dealkylation sites (N-methyl/N-ethyl adjacent to an activating group) is 1. The highest BCUT2D eigenvalue weighted by Gasteiger charge is 2.19. The smallest absolute Gasteiger partial charge is 0.0454 e. The summed E-state index contributed by atoms with van der Waals surface area (Å²) in [5.41, 5.74) is 14.0. The fourth-order valence-electron chi connectivity index (χ4n) is 3.51. The van der Waals surface area contributed by atoms with E-state index in [2.05, 4.69) is 76.3 Å². The molecule has 3 nitrogen and oxygen atoms in total. The third-order valence-corrected chi connectivity index (χ3v) is 4.81. The summed E-state index contributed by atoms with van der Waals surface area (Å²) in [6.45, 7) is 9.85. The Balaban J connectivity index is 2.45. The second-order valence-corrected chi connectivity index (χ2v) is 8.00. The maximum absolute atomic E-state index is 6.45. The van der Waals surface area contributed by atoms with Crippen molar-refractivity contribution in [1.29, 1.82) is 0 Å². The summed E-state index contributed by atoms with van der Waals surface area (Å²) in [4.78, 5) is 2.14. The predicted octanol–water partition coefficient (Wildman–Crippen LogP) is 5.19. The fraction of sp³-hybridized carbons (Fsp3) is 0.545. The molecular weight excluding hydrogens is 306 g/mol. The summed E-state index contributed by atoms with van der Waals surface area (Å²) in [5.74, 6) is 0.967. The van der Waals surface area contributed by atoms with E-state index in [1.807, 2.05) is 0 Å². The van der Waals surface area contributed by atoms with Crippen LogP contribution in [0.3, 0.4) is 0 Å². The van der Waals surface area contributed by atoms with E-state index in [1.54, 1.807) is 0 Å². The highest BCUT2D eigenvalue weighted by atomic mass is 15.1. The molecule has 0 spiro atoms. The summed E-state index contributed by atoms with van der Waals surface area (Å²) >= 11 is 0. The molecule has 3 heteroatoms. The number of benzene rings is 1. The zero-order chi connectivity index (χ0) is 18.6. The number of rotatable bonds is 6. The monoisotopic (exact) mass is 341 g/mol. The van der Waals surface area contributed by atoms with Gasteiger partial charge < -0.3 is 16.0 Å². The number of para-hydroxylation sites is 1. The van der Waals surface area contributed by atoms with Crippen LogP contribution in [-0.4, -0.2) is 25.5 Å². The van der Waals surface area contributed by atoms with E-state index in [0.717, 1.165) is 25.1 Å². The molecule has 0 saturated carbocycles. The maximum atomic E-state index is 6.45. The number of nitrogens with one attached hydrogen (secondary N) is 1. The van der Waals surface area contributed by atoms with Crippen molar-refractivity contribution >= 4 is 5.69 Å². The van der Waals surface area contributed by atoms with Gasteiger partial charge in [0, 0.05) is 23.6 Å². The van der Waals surface area contributed by atoms with Gasteiger partial charge >= 0.3 is 0 Å². The van der Waals surface area contributed by atoms with Crippen LogP contribution in [0, 0.1) is 0 Å². The molecule has 0 amide bonds. The zero-order valence-corrected chi connectivity index (χ0v) is 16.8. The molecule has 0 fully saturated rings. The third-order valence-electron chi connectivity index (χ3n) is 4.81. The predicted molar refractivity (Wildman–Crippen MR) is 110 cm³/mol. The molecule has 1 aliphatic carbocycles. The van der Waals surface area contributed by atoms with Gasteiger partial charge in [0.2, 0.25) is 0 Å². The van der Waals surface area contributed by atoms with Crippen molar-refractivity contribution in [3.8, 4) is 0 Å². The van der Waals surface area contributed by atoms with Crippen LogP contribution in [0.4, 0.5) is 5.69 Å². The van der Waals surface area contributed by atoms with Gasteiger partial charge in [-0.3, -0.25) is 0 Å². The molecule has 3 N–H and O–H groups in total. The first-order valence-electron chi connectivity index (χ1n) is 9.53. The SMILES string of the molecule is CC(C)c1cccc(C(C)C)c1NC1=CCCC/C1=C(\N)CN(C)C. The van der Waals surface area contributed by atoms with Crippen molar-refractivity contribution in [3.05, 3.63) is 52.4 Å². The van der Waals surface area contributed by atoms with Crippen molar-refractivity contribution in [1.82, 2.24) is 4.90 Å². The summed E-state index contributed by atoms with van der Waals surface area (Å²) in [5, 5.41) is 3.79. The molecule has 0 unspecified atom stereocenters.